The van der Waals surface area contributed by atoms with Crippen LogP contribution in [-0.4, -0.2) is 30.0 Å². The summed E-state index contributed by atoms with van der Waals surface area (Å²) < 4.78 is 7.55. The molecule has 1 aromatic rings. The average molecular weight is 223 g/mol. The monoisotopic (exact) mass is 223 g/mol. The molecule has 0 radical (unpaired) electrons. The number of aromatic nitrogens is 2. The molecule has 1 aliphatic rings. The lowest BCUT2D eigenvalue weighted by Crippen LogP contribution is -2.24. The van der Waals surface area contributed by atoms with Crippen LogP contribution in [0.15, 0.2) is 12.4 Å². The Morgan fingerprint density at radius 2 is 2.44 bits per heavy atom. The molecule has 1 fully saturated rings. The molecular formula is C12H21N3O. The average Bonchev–Trinajstić information content (AvgIpc) is 2.78. The Balaban J connectivity index is 1.99. The van der Waals surface area contributed by atoms with Gasteiger partial charge < -0.3 is 10.1 Å². The number of hydrogen-bond donors (Lipinski definition) is 1. The fourth-order valence-electron chi connectivity index (χ4n) is 2.45. The standard InChI is InChI=1S/C12H21N3O/c1-13-7-10-8-14-15(9-10)11-4-3-5-12(6-11)16-2/h8-9,11-13H,3-7H2,1-2H3. The zero-order valence-corrected chi connectivity index (χ0v) is 10.1. The lowest BCUT2D eigenvalue weighted by Gasteiger charge is -2.28. The van der Waals surface area contributed by atoms with Crippen LogP contribution in [0, 0.1) is 0 Å². The Bertz CT molecular complexity index is 324. The van der Waals surface area contributed by atoms with Crippen molar-refractivity contribution >= 4 is 0 Å². The van der Waals surface area contributed by atoms with Gasteiger partial charge in [-0.05, 0) is 32.7 Å². The highest BCUT2D eigenvalue weighted by Gasteiger charge is 2.23. The van der Waals surface area contributed by atoms with Crippen molar-refractivity contribution in [2.45, 2.75) is 44.4 Å². The number of hydrogen-bond acceptors (Lipinski definition) is 3. The number of ether oxygens (including phenoxy) is 1. The second kappa shape index (κ2) is 5.46. The molecule has 1 heterocycles. The molecule has 2 unspecified atom stereocenters. The van der Waals surface area contributed by atoms with E-state index in [2.05, 4.69) is 21.3 Å². The summed E-state index contributed by atoms with van der Waals surface area (Å²) in [5.74, 6) is 0. The van der Waals surface area contributed by atoms with Gasteiger partial charge in [-0.3, -0.25) is 4.68 Å². The Labute approximate surface area is 97.0 Å². The lowest BCUT2D eigenvalue weighted by atomic mass is 9.93. The van der Waals surface area contributed by atoms with E-state index in [1.165, 1.54) is 24.8 Å². The Morgan fingerprint density at radius 1 is 1.56 bits per heavy atom. The van der Waals surface area contributed by atoms with Crippen LogP contribution in [0.2, 0.25) is 0 Å². The number of rotatable bonds is 4. The van der Waals surface area contributed by atoms with Crippen molar-refractivity contribution in [1.82, 2.24) is 15.1 Å². The van der Waals surface area contributed by atoms with Gasteiger partial charge in [0, 0.05) is 25.4 Å². The minimum absolute atomic E-state index is 0.413. The maximum absolute atomic E-state index is 5.44. The molecule has 2 rings (SSSR count). The predicted molar refractivity (Wildman–Crippen MR) is 63.3 cm³/mol. The first kappa shape index (κ1) is 11.6. The molecule has 4 nitrogen and oxygen atoms in total. The Hall–Kier alpha value is -0.870. The van der Waals surface area contributed by atoms with Gasteiger partial charge in [0.2, 0.25) is 0 Å². The van der Waals surface area contributed by atoms with E-state index in [4.69, 9.17) is 4.74 Å². The van der Waals surface area contributed by atoms with Crippen LogP contribution in [0.25, 0.3) is 0 Å². The van der Waals surface area contributed by atoms with Gasteiger partial charge in [0.15, 0.2) is 0 Å². The van der Waals surface area contributed by atoms with Gasteiger partial charge in [0.25, 0.3) is 0 Å². The largest absolute Gasteiger partial charge is 0.381 e. The van der Waals surface area contributed by atoms with E-state index in [1.807, 2.05) is 20.4 Å². The molecule has 0 saturated heterocycles. The first-order chi connectivity index (χ1) is 7.83. The van der Waals surface area contributed by atoms with Crippen LogP contribution < -0.4 is 5.32 Å². The normalized spacial score (nSPS) is 25.9. The molecule has 0 aromatic carbocycles. The molecular weight excluding hydrogens is 202 g/mol. The van der Waals surface area contributed by atoms with Gasteiger partial charge >= 0.3 is 0 Å². The van der Waals surface area contributed by atoms with Crippen molar-refractivity contribution in [2.75, 3.05) is 14.2 Å². The maximum Gasteiger partial charge on any atom is 0.0591 e. The first-order valence-electron chi connectivity index (χ1n) is 6.04. The third kappa shape index (κ3) is 2.62. The topological polar surface area (TPSA) is 39.1 Å². The van der Waals surface area contributed by atoms with Crippen LogP contribution in [0.3, 0.4) is 0 Å². The van der Waals surface area contributed by atoms with E-state index >= 15 is 0 Å². The highest BCUT2D eigenvalue weighted by molar-refractivity contribution is 5.04. The van der Waals surface area contributed by atoms with Crippen LogP contribution >= 0.6 is 0 Å². The maximum atomic E-state index is 5.44. The van der Waals surface area contributed by atoms with Crippen LogP contribution in [0.5, 0.6) is 0 Å². The molecule has 4 heteroatoms. The summed E-state index contributed by atoms with van der Waals surface area (Å²) in [4.78, 5) is 0. The molecule has 90 valence electrons. The molecule has 0 spiro atoms. The zero-order valence-electron chi connectivity index (χ0n) is 10.1. The second-order valence-electron chi connectivity index (χ2n) is 4.54. The molecule has 1 saturated carbocycles. The van der Waals surface area contributed by atoms with Gasteiger partial charge in [-0.25, -0.2) is 0 Å². The van der Waals surface area contributed by atoms with Gasteiger partial charge in [0.05, 0.1) is 18.3 Å². The quantitative estimate of drug-likeness (QED) is 0.845. The zero-order chi connectivity index (χ0) is 11.4. The van der Waals surface area contributed by atoms with E-state index in [1.54, 1.807) is 0 Å². The van der Waals surface area contributed by atoms with E-state index in [-0.39, 0.29) is 0 Å². The fraction of sp³-hybridized carbons (Fsp3) is 0.750. The first-order valence-corrected chi connectivity index (χ1v) is 6.04. The van der Waals surface area contributed by atoms with Gasteiger partial charge in [-0.15, -0.1) is 0 Å². The summed E-state index contributed by atoms with van der Waals surface area (Å²) in [7, 11) is 3.77. The SMILES string of the molecule is CNCc1cnn(C2CCCC(OC)C2)c1. The summed E-state index contributed by atoms with van der Waals surface area (Å²) in [5.41, 5.74) is 1.25. The predicted octanol–water partition coefficient (Wildman–Crippen LogP) is 1.73. The molecule has 16 heavy (non-hydrogen) atoms. The smallest absolute Gasteiger partial charge is 0.0591 e. The van der Waals surface area contributed by atoms with Crippen molar-refractivity contribution in [2.24, 2.45) is 0 Å². The molecule has 0 amide bonds. The van der Waals surface area contributed by atoms with Crippen LogP contribution in [-0.2, 0) is 11.3 Å². The highest BCUT2D eigenvalue weighted by Crippen LogP contribution is 2.29. The Morgan fingerprint density at radius 3 is 3.19 bits per heavy atom. The number of nitrogens with zero attached hydrogens (tertiary/aromatic N) is 2. The van der Waals surface area contributed by atoms with Gasteiger partial charge in [-0.1, -0.05) is 0 Å². The molecule has 1 aliphatic carbocycles. The second-order valence-corrected chi connectivity index (χ2v) is 4.54. The van der Waals surface area contributed by atoms with E-state index in [0.29, 0.717) is 12.1 Å². The van der Waals surface area contributed by atoms with Crippen LogP contribution in [0.1, 0.15) is 37.3 Å². The van der Waals surface area contributed by atoms with Crippen molar-refractivity contribution in [3.8, 4) is 0 Å². The van der Waals surface area contributed by atoms with Gasteiger partial charge in [0.1, 0.15) is 0 Å². The van der Waals surface area contributed by atoms with E-state index in [0.717, 1.165) is 13.0 Å². The highest BCUT2D eigenvalue weighted by atomic mass is 16.5. The molecule has 2 atom stereocenters. The van der Waals surface area contributed by atoms with Crippen LogP contribution in [0.4, 0.5) is 0 Å². The lowest BCUT2D eigenvalue weighted by molar-refractivity contribution is 0.0508. The fourth-order valence-corrected chi connectivity index (χ4v) is 2.45. The summed E-state index contributed by atoms with van der Waals surface area (Å²) in [5, 5.41) is 7.59. The summed E-state index contributed by atoms with van der Waals surface area (Å²) in [6.45, 7) is 0.889. The van der Waals surface area contributed by atoms with Crippen molar-refractivity contribution in [3.05, 3.63) is 18.0 Å². The summed E-state index contributed by atoms with van der Waals surface area (Å²) >= 11 is 0. The van der Waals surface area contributed by atoms with Crippen molar-refractivity contribution in [1.29, 1.82) is 0 Å². The Kier molecular flexibility index (Phi) is 3.96. The van der Waals surface area contributed by atoms with E-state index in [9.17, 15) is 0 Å². The molecule has 0 aliphatic heterocycles. The third-order valence-corrected chi connectivity index (χ3v) is 3.34. The summed E-state index contributed by atoms with van der Waals surface area (Å²) in [6, 6.07) is 0.518. The number of nitrogens with one attached hydrogen (secondary N) is 1. The molecule has 1 N–H and O–H groups in total. The minimum atomic E-state index is 0.413. The van der Waals surface area contributed by atoms with Gasteiger partial charge in [-0.2, -0.15) is 5.10 Å². The van der Waals surface area contributed by atoms with Crippen molar-refractivity contribution in [3.63, 3.8) is 0 Å². The van der Waals surface area contributed by atoms with Crippen molar-refractivity contribution < 1.29 is 4.74 Å². The minimum Gasteiger partial charge on any atom is -0.381 e. The third-order valence-electron chi connectivity index (χ3n) is 3.34. The number of methoxy groups -OCH3 is 1. The molecule has 0 bridgehead atoms. The van der Waals surface area contributed by atoms with E-state index < -0.39 is 0 Å². The summed E-state index contributed by atoms with van der Waals surface area (Å²) in [6.07, 6.45) is 9.27. The molecule has 1 aromatic heterocycles.